The molecule has 0 radical (unpaired) electrons. The van der Waals surface area contributed by atoms with Gasteiger partial charge in [-0.15, -0.1) is 0 Å². The summed E-state index contributed by atoms with van der Waals surface area (Å²) in [4.78, 5) is 14.7. The minimum Gasteiger partial charge on any atom is -0.497 e. The standard InChI is InChI=1S/C17H23NO4S/c1-22-15-5-3-4-12(8-15)9-17(19)18-13-6-7-14(18)11-16(10-13)23(2,20)21/h3-5,8,13-14,16H,6-7,9-11H2,1-2H3. The van der Waals surface area contributed by atoms with Gasteiger partial charge in [-0.3, -0.25) is 4.79 Å². The van der Waals surface area contributed by atoms with Gasteiger partial charge in [-0.05, 0) is 43.4 Å². The number of amides is 1. The summed E-state index contributed by atoms with van der Waals surface area (Å²) in [6, 6.07) is 7.69. The van der Waals surface area contributed by atoms with Crippen LogP contribution >= 0.6 is 0 Å². The Bertz CT molecular complexity index is 686. The first kappa shape index (κ1) is 16.3. The molecule has 3 rings (SSSR count). The molecule has 2 aliphatic rings. The second kappa shape index (κ2) is 6.15. The van der Waals surface area contributed by atoms with Crippen LogP contribution in [0.25, 0.3) is 0 Å². The van der Waals surface area contributed by atoms with E-state index in [4.69, 9.17) is 4.74 Å². The van der Waals surface area contributed by atoms with E-state index in [2.05, 4.69) is 0 Å². The zero-order chi connectivity index (χ0) is 16.6. The topological polar surface area (TPSA) is 63.7 Å². The van der Waals surface area contributed by atoms with Crippen LogP contribution in [-0.4, -0.2) is 49.9 Å². The fraction of sp³-hybridized carbons (Fsp3) is 0.588. The van der Waals surface area contributed by atoms with Crippen molar-refractivity contribution in [3.05, 3.63) is 29.8 Å². The quantitative estimate of drug-likeness (QED) is 0.840. The van der Waals surface area contributed by atoms with E-state index >= 15 is 0 Å². The fourth-order valence-corrected chi connectivity index (χ4v) is 5.08. The Morgan fingerprint density at radius 1 is 1.26 bits per heavy atom. The molecule has 0 saturated carbocycles. The predicted octanol–water partition coefficient (Wildman–Crippen LogP) is 1.80. The molecule has 0 N–H and O–H groups in total. The van der Waals surface area contributed by atoms with Gasteiger partial charge in [0.2, 0.25) is 5.91 Å². The number of ether oxygens (including phenoxy) is 1. The van der Waals surface area contributed by atoms with Gasteiger partial charge in [0.1, 0.15) is 15.6 Å². The van der Waals surface area contributed by atoms with Crippen LogP contribution in [0.4, 0.5) is 0 Å². The molecule has 2 unspecified atom stereocenters. The van der Waals surface area contributed by atoms with E-state index in [-0.39, 0.29) is 23.2 Å². The lowest BCUT2D eigenvalue weighted by molar-refractivity contribution is -0.134. The number of nitrogens with zero attached hydrogens (tertiary/aromatic N) is 1. The average Bonchev–Trinajstić information content (AvgIpc) is 2.76. The van der Waals surface area contributed by atoms with E-state index in [9.17, 15) is 13.2 Å². The molecule has 1 amide bonds. The van der Waals surface area contributed by atoms with Crippen LogP contribution < -0.4 is 4.74 Å². The second-order valence-corrected chi connectivity index (χ2v) is 8.96. The van der Waals surface area contributed by atoms with Crippen LogP contribution in [0.3, 0.4) is 0 Å². The van der Waals surface area contributed by atoms with E-state index < -0.39 is 9.84 Å². The summed E-state index contributed by atoms with van der Waals surface area (Å²) in [6.07, 6.45) is 4.65. The second-order valence-electron chi connectivity index (χ2n) is 6.64. The van der Waals surface area contributed by atoms with Gasteiger partial charge in [-0.25, -0.2) is 8.42 Å². The molecule has 0 spiro atoms. The molecule has 2 atom stereocenters. The van der Waals surface area contributed by atoms with E-state index in [0.717, 1.165) is 24.2 Å². The van der Waals surface area contributed by atoms with E-state index in [1.807, 2.05) is 29.2 Å². The van der Waals surface area contributed by atoms with Gasteiger partial charge in [0.25, 0.3) is 0 Å². The molecular weight excluding hydrogens is 314 g/mol. The van der Waals surface area contributed by atoms with E-state index in [1.165, 1.54) is 6.26 Å². The van der Waals surface area contributed by atoms with Crippen molar-refractivity contribution < 1.29 is 17.9 Å². The Kier molecular flexibility index (Phi) is 4.36. The molecule has 2 bridgehead atoms. The Morgan fingerprint density at radius 3 is 2.48 bits per heavy atom. The summed E-state index contributed by atoms with van der Waals surface area (Å²) < 4.78 is 28.8. The van der Waals surface area contributed by atoms with E-state index in [0.29, 0.717) is 19.3 Å². The molecule has 0 aromatic heterocycles. The summed E-state index contributed by atoms with van der Waals surface area (Å²) in [5.74, 6) is 0.840. The molecule has 1 aromatic rings. The van der Waals surface area contributed by atoms with Gasteiger partial charge < -0.3 is 9.64 Å². The summed E-state index contributed by atoms with van der Waals surface area (Å²) >= 11 is 0. The van der Waals surface area contributed by atoms with Crippen LogP contribution in [0.1, 0.15) is 31.2 Å². The highest BCUT2D eigenvalue weighted by Gasteiger charge is 2.45. The zero-order valence-corrected chi connectivity index (χ0v) is 14.4. The molecule has 2 saturated heterocycles. The van der Waals surface area contributed by atoms with Crippen LogP contribution in [0.2, 0.25) is 0 Å². The first-order chi connectivity index (χ1) is 10.9. The largest absolute Gasteiger partial charge is 0.497 e. The van der Waals surface area contributed by atoms with Crippen LogP contribution in [0.15, 0.2) is 24.3 Å². The number of piperidine rings is 1. The van der Waals surface area contributed by atoms with Gasteiger partial charge >= 0.3 is 0 Å². The first-order valence-corrected chi connectivity index (χ1v) is 9.97. The summed E-state index contributed by atoms with van der Waals surface area (Å²) in [7, 11) is -1.41. The number of rotatable bonds is 4. The van der Waals surface area contributed by atoms with Crippen molar-refractivity contribution in [1.82, 2.24) is 4.90 Å². The third-order valence-corrected chi connectivity index (χ3v) is 6.67. The van der Waals surface area contributed by atoms with Gasteiger partial charge in [-0.1, -0.05) is 12.1 Å². The Labute approximate surface area is 137 Å². The van der Waals surface area contributed by atoms with Crippen molar-refractivity contribution in [3.8, 4) is 5.75 Å². The lowest BCUT2D eigenvalue weighted by atomic mass is 10.0. The van der Waals surface area contributed by atoms with Crippen molar-refractivity contribution >= 4 is 15.7 Å². The number of sulfone groups is 1. The highest BCUT2D eigenvalue weighted by Crippen LogP contribution is 2.38. The number of carbonyl (C=O) groups excluding carboxylic acids is 1. The minimum absolute atomic E-state index is 0.0755. The molecule has 23 heavy (non-hydrogen) atoms. The third-order valence-electron chi connectivity index (χ3n) is 5.07. The Morgan fingerprint density at radius 2 is 1.91 bits per heavy atom. The molecule has 6 heteroatoms. The Balaban J connectivity index is 1.71. The molecule has 0 aliphatic carbocycles. The number of carbonyl (C=O) groups is 1. The van der Waals surface area contributed by atoms with Crippen LogP contribution in [0.5, 0.6) is 5.75 Å². The van der Waals surface area contributed by atoms with Crippen molar-refractivity contribution in [2.45, 2.75) is 49.4 Å². The van der Waals surface area contributed by atoms with Crippen LogP contribution in [0, 0.1) is 0 Å². The minimum atomic E-state index is -3.02. The lowest BCUT2D eigenvalue weighted by Gasteiger charge is -2.38. The van der Waals surface area contributed by atoms with E-state index in [1.54, 1.807) is 7.11 Å². The molecule has 2 fully saturated rings. The fourth-order valence-electron chi connectivity index (χ4n) is 3.93. The number of fused-ring (bicyclic) bond motifs is 2. The average molecular weight is 337 g/mol. The number of hydrogen-bond acceptors (Lipinski definition) is 4. The number of hydrogen-bond donors (Lipinski definition) is 0. The van der Waals surface area contributed by atoms with Crippen molar-refractivity contribution in [3.63, 3.8) is 0 Å². The summed E-state index contributed by atoms with van der Waals surface area (Å²) in [5, 5.41) is -0.291. The van der Waals surface area contributed by atoms with Gasteiger partial charge in [-0.2, -0.15) is 0 Å². The molecule has 2 aliphatic heterocycles. The van der Waals surface area contributed by atoms with Gasteiger partial charge in [0.05, 0.1) is 18.8 Å². The number of benzene rings is 1. The van der Waals surface area contributed by atoms with Crippen molar-refractivity contribution in [2.24, 2.45) is 0 Å². The summed E-state index contributed by atoms with van der Waals surface area (Å²) in [5.41, 5.74) is 0.930. The molecule has 5 nitrogen and oxygen atoms in total. The van der Waals surface area contributed by atoms with Crippen molar-refractivity contribution in [2.75, 3.05) is 13.4 Å². The first-order valence-electron chi connectivity index (χ1n) is 8.01. The van der Waals surface area contributed by atoms with Crippen molar-refractivity contribution in [1.29, 1.82) is 0 Å². The predicted molar refractivity (Wildman–Crippen MR) is 88.2 cm³/mol. The number of methoxy groups -OCH3 is 1. The summed E-state index contributed by atoms with van der Waals surface area (Å²) in [6.45, 7) is 0. The Hall–Kier alpha value is -1.56. The maximum absolute atomic E-state index is 12.7. The van der Waals surface area contributed by atoms with Gasteiger partial charge in [0, 0.05) is 18.3 Å². The molecular formula is C17H23NO4S. The molecule has 1 aromatic carbocycles. The lowest BCUT2D eigenvalue weighted by Crippen LogP contribution is -2.50. The molecule has 126 valence electrons. The van der Waals surface area contributed by atoms with Gasteiger partial charge in [0.15, 0.2) is 0 Å². The maximum Gasteiger partial charge on any atom is 0.227 e. The third kappa shape index (κ3) is 3.37. The monoisotopic (exact) mass is 337 g/mol. The zero-order valence-electron chi connectivity index (χ0n) is 13.6. The normalized spacial score (nSPS) is 27.0. The molecule has 2 heterocycles. The smallest absolute Gasteiger partial charge is 0.227 e. The maximum atomic E-state index is 12.7. The van der Waals surface area contributed by atoms with Crippen LogP contribution in [-0.2, 0) is 21.1 Å². The SMILES string of the molecule is COc1cccc(CC(=O)N2C3CCC2CC(S(C)(=O)=O)C3)c1. The highest BCUT2D eigenvalue weighted by atomic mass is 32.2. The highest BCUT2D eigenvalue weighted by molar-refractivity contribution is 7.91.